The van der Waals surface area contributed by atoms with Crippen molar-refractivity contribution in [1.82, 2.24) is 0 Å². The molecular formula is C17H19NO2Si. The molecule has 0 amide bonds. The molecule has 4 heteroatoms. The summed E-state index contributed by atoms with van der Waals surface area (Å²) in [6.45, 7) is 6.10. The molecule has 0 bridgehead atoms. The Kier molecular flexibility index (Phi) is 4.70. The number of benzene rings is 2. The smallest absolute Gasteiger partial charge is 0.278 e. The maximum atomic E-state index is 12.7. The van der Waals surface area contributed by atoms with Crippen LogP contribution in [0.4, 0.5) is 0 Å². The Morgan fingerprint density at radius 3 is 1.81 bits per heavy atom. The van der Waals surface area contributed by atoms with E-state index in [1.165, 1.54) is 0 Å². The number of Topliss-reactive ketones (excluding diaryl/α,β-unsaturated/α-hetero) is 1. The second-order valence-electron chi connectivity index (χ2n) is 5.70. The molecule has 0 radical (unpaired) electrons. The van der Waals surface area contributed by atoms with Crippen LogP contribution in [-0.4, -0.2) is 19.8 Å². The Hall–Kier alpha value is -2.20. The lowest BCUT2D eigenvalue weighted by Crippen LogP contribution is -2.25. The Morgan fingerprint density at radius 1 is 0.857 bits per heavy atom. The molecule has 2 aromatic rings. The van der Waals surface area contributed by atoms with Crippen molar-refractivity contribution < 1.29 is 9.32 Å². The highest BCUT2D eigenvalue weighted by Crippen LogP contribution is 2.11. The van der Waals surface area contributed by atoms with Gasteiger partial charge in [0.05, 0.1) is 0 Å². The molecule has 0 saturated heterocycles. The van der Waals surface area contributed by atoms with E-state index in [4.69, 9.17) is 4.53 Å². The van der Waals surface area contributed by atoms with E-state index in [1.54, 1.807) is 12.1 Å². The highest BCUT2D eigenvalue weighted by molar-refractivity contribution is 6.69. The zero-order valence-corrected chi connectivity index (χ0v) is 13.5. The van der Waals surface area contributed by atoms with Crippen molar-refractivity contribution in [2.45, 2.75) is 19.6 Å². The van der Waals surface area contributed by atoms with Gasteiger partial charge in [-0.2, -0.15) is 0 Å². The van der Waals surface area contributed by atoms with E-state index >= 15 is 0 Å². The molecule has 0 atom stereocenters. The van der Waals surface area contributed by atoms with Gasteiger partial charge in [-0.05, 0) is 19.6 Å². The lowest BCUT2D eigenvalue weighted by Gasteiger charge is -2.14. The third-order valence-corrected chi connectivity index (χ3v) is 3.35. The first kappa shape index (κ1) is 15.2. The number of carbonyl (C=O) groups excluding carboxylic acids is 1. The van der Waals surface area contributed by atoms with Gasteiger partial charge in [0.15, 0.2) is 5.71 Å². The van der Waals surface area contributed by atoms with Gasteiger partial charge < -0.3 is 4.53 Å². The van der Waals surface area contributed by atoms with Gasteiger partial charge in [-0.25, -0.2) is 0 Å². The molecule has 108 valence electrons. The first-order chi connectivity index (χ1) is 9.97. The van der Waals surface area contributed by atoms with E-state index in [-0.39, 0.29) is 5.78 Å². The van der Waals surface area contributed by atoms with Crippen LogP contribution in [-0.2, 0) is 4.53 Å². The van der Waals surface area contributed by atoms with Gasteiger partial charge in [-0.15, -0.1) is 0 Å². The molecule has 0 spiro atoms. The summed E-state index contributed by atoms with van der Waals surface area (Å²) < 4.78 is 5.59. The molecule has 0 aromatic heterocycles. The Balaban J connectivity index is 2.39. The van der Waals surface area contributed by atoms with Crippen molar-refractivity contribution in [3.8, 4) is 0 Å². The fourth-order valence-corrected chi connectivity index (χ4v) is 2.10. The molecule has 0 unspecified atom stereocenters. The monoisotopic (exact) mass is 297 g/mol. The summed E-state index contributed by atoms with van der Waals surface area (Å²) in [7, 11) is -1.84. The maximum Gasteiger partial charge on any atom is 0.278 e. The van der Waals surface area contributed by atoms with Gasteiger partial charge in [0.1, 0.15) is 0 Å². The third-order valence-electron chi connectivity index (χ3n) is 2.71. The molecular weight excluding hydrogens is 278 g/mol. The standard InChI is InChI=1S/C17H19NO2Si/c1-21(2,3)20-18-16(14-10-6-4-7-11-14)17(19)15-12-8-5-9-13-15/h4-13H,1-3H3/b18-16+. The van der Waals surface area contributed by atoms with Gasteiger partial charge >= 0.3 is 0 Å². The summed E-state index contributed by atoms with van der Waals surface area (Å²) in [5.41, 5.74) is 1.73. The minimum atomic E-state index is -1.84. The lowest BCUT2D eigenvalue weighted by molar-refractivity contribution is 0.106. The number of oxime groups is 1. The Labute approximate surface area is 126 Å². The van der Waals surface area contributed by atoms with Crippen LogP contribution in [0.25, 0.3) is 0 Å². The van der Waals surface area contributed by atoms with Crippen LogP contribution in [0.5, 0.6) is 0 Å². The van der Waals surface area contributed by atoms with E-state index in [2.05, 4.69) is 5.16 Å². The first-order valence-corrected chi connectivity index (χ1v) is 10.3. The normalized spacial score (nSPS) is 12.0. The van der Waals surface area contributed by atoms with Gasteiger partial charge in [-0.3, -0.25) is 4.79 Å². The van der Waals surface area contributed by atoms with Crippen LogP contribution in [0.2, 0.25) is 19.6 Å². The summed E-state index contributed by atoms with van der Waals surface area (Å²) in [6.07, 6.45) is 0. The zero-order valence-electron chi connectivity index (χ0n) is 12.5. The summed E-state index contributed by atoms with van der Waals surface area (Å²) in [5, 5.41) is 4.17. The molecule has 0 fully saturated rings. The van der Waals surface area contributed by atoms with Crippen LogP contribution in [0.15, 0.2) is 65.8 Å². The summed E-state index contributed by atoms with van der Waals surface area (Å²) in [5.74, 6) is -0.125. The van der Waals surface area contributed by atoms with E-state index in [0.29, 0.717) is 11.3 Å². The number of hydrogen-bond donors (Lipinski definition) is 0. The van der Waals surface area contributed by atoms with Crippen LogP contribution >= 0.6 is 0 Å². The SMILES string of the molecule is C[Si](C)(C)O/N=C(/C(=O)c1ccccc1)c1ccccc1. The van der Waals surface area contributed by atoms with Gasteiger partial charge in [-0.1, -0.05) is 65.8 Å². The first-order valence-electron chi connectivity index (χ1n) is 6.89. The molecule has 0 aliphatic carbocycles. The molecule has 0 heterocycles. The van der Waals surface area contributed by atoms with Gasteiger partial charge in [0.2, 0.25) is 5.78 Å². The van der Waals surface area contributed by atoms with Crippen LogP contribution in [0.3, 0.4) is 0 Å². The lowest BCUT2D eigenvalue weighted by atomic mass is 10.0. The topological polar surface area (TPSA) is 38.7 Å². The van der Waals surface area contributed by atoms with Crippen molar-refractivity contribution in [1.29, 1.82) is 0 Å². The van der Waals surface area contributed by atoms with Crippen molar-refractivity contribution in [2.75, 3.05) is 0 Å². The van der Waals surface area contributed by atoms with Crippen molar-refractivity contribution in [3.63, 3.8) is 0 Å². The fraction of sp³-hybridized carbons (Fsp3) is 0.176. The van der Waals surface area contributed by atoms with Crippen molar-refractivity contribution >= 4 is 19.8 Å². The van der Waals surface area contributed by atoms with E-state index in [9.17, 15) is 4.79 Å². The summed E-state index contributed by atoms with van der Waals surface area (Å²) in [6, 6.07) is 18.6. The Morgan fingerprint density at radius 2 is 1.33 bits per heavy atom. The largest absolute Gasteiger partial charge is 0.455 e. The van der Waals surface area contributed by atoms with E-state index in [1.807, 2.05) is 68.2 Å². The number of carbonyl (C=O) groups is 1. The quantitative estimate of drug-likeness (QED) is 0.360. The van der Waals surface area contributed by atoms with E-state index < -0.39 is 8.32 Å². The fourth-order valence-electron chi connectivity index (χ4n) is 1.73. The van der Waals surface area contributed by atoms with Crippen molar-refractivity contribution in [2.24, 2.45) is 5.16 Å². The number of rotatable bonds is 5. The Bertz CT molecular complexity index is 631. The number of hydrogen-bond acceptors (Lipinski definition) is 3. The molecule has 2 rings (SSSR count). The minimum Gasteiger partial charge on any atom is -0.455 e. The molecule has 0 aliphatic heterocycles. The van der Waals surface area contributed by atoms with Gasteiger partial charge in [0, 0.05) is 11.1 Å². The molecule has 3 nitrogen and oxygen atoms in total. The summed E-state index contributed by atoms with van der Waals surface area (Å²) >= 11 is 0. The highest BCUT2D eigenvalue weighted by atomic mass is 28.4. The number of nitrogens with zero attached hydrogens (tertiary/aromatic N) is 1. The molecule has 0 saturated carbocycles. The average Bonchev–Trinajstić information content (AvgIpc) is 2.48. The number of ketones is 1. The molecule has 0 N–H and O–H groups in total. The molecule has 0 aliphatic rings. The predicted molar refractivity (Wildman–Crippen MR) is 88.2 cm³/mol. The minimum absolute atomic E-state index is 0.125. The van der Waals surface area contributed by atoms with Crippen LogP contribution in [0, 0.1) is 0 Å². The third kappa shape index (κ3) is 4.39. The second kappa shape index (κ2) is 6.50. The summed E-state index contributed by atoms with van der Waals surface area (Å²) in [4.78, 5) is 12.7. The second-order valence-corrected chi connectivity index (χ2v) is 10.1. The maximum absolute atomic E-state index is 12.7. The van der Waals surface area contributed by atoms with Gasteiger partial charge in [0.25, 0.3) is 8.32 Å². The van der Waals surface area contributed by atoms with Crippen molar-refractivity contribution in [3.05, 3.63) is 71.8 Å². The molecule has 21 heavy (non-hydrogen) atoms. The van der Waals surface area contributed by atoms with E-state index in [0.717, 1.165) is 5.56 Å². The molecule has 2 aromatic carbocycles. The highest BCUT2D eigenvalue weighted by Gasteiger charge is 2.20. The predicted octanol–water partition coefficient (Wildman–Crippen LogP) is 4.13. The zero-order chi connectivity index (χ0) is 15.3. The van der Waals surface area contributed by atoms with Crippen LogP contribution < -0.4 is 0 Å². The average molecular weight is 297 g/mol. The van der Waals surface area contributed by atoms with Crippen LogP contribution in [0.1, 0.15) is 15.9 Å².